The van der Waals surface area contributed by atoms with E-state index in [0.717, 1.165) is 11.3 Å². The van der Waals surface area contributed by atoms with E-state index < -0.39 is 6.10 Å². The molecule has 0 aliphatic carbocycles. The molecule has 2 atom stereocenters. The second-order valence-electron chi connectivity index (χ2n) is 4.45. The zero-order chi connectivity index (χ0) is 13.2. The normalized spacial score (nSPS) is 20.9. The zero-order valence-corrected chi connectivity index (χ0v) is 10.6. The van der Waals surface area contributed by atoms with Gasteiger partial charge in [0.25, 0.3) is 0 Å². The first-order valence-corrected chi connectivity index (χ1v) is 6.19. The van der Waals surface area contributed by atoms with Crippen LogP contribution in [-0.4, -0.2) is 19.0 Å². The first kappa shape index (κ1) is 11.9. The van der Waals surface area contributed by atoms with E-state index in [2.05, 4.69) is 0 Å². The van der Waals surface area contributed by atoms with Crippen molar-refractivity contribution in [2.75, 3.05) is 7.11 Å². The van der Waals surface area contributed by atoms with E-state index in [4.69, 9.17) is 9.47 Å². The maximum absolute atomic E-state index is 12.2. The van der Waals surface area contributed by atoms with Crippen molar-refractivity contribution in [1.29, 1.82) is 0 Å². The molecule has 0 bridgehead atoms. The zero-order valence-electron chi connectivity index (χ0n) is 10.6. The lowest BCUT2D eigenvalue weighted by Gasteiger charge is -2.04. The van der Waals surface area contributed by atoms with Gasteiger partial charge in [-0.1, -0.05) is 48.5 Å². The number of ketones is 1. The van der Waals surface area contributed by atoms with Gasteiger partial charge in [-0.3, -0.25) is 4.79 Å². The van der Waals surface area contributed by atoms with Crippen molar-refractivity contribution in [3.05, 3.63) is 65.7 Å². The number of hydrogen-bond acceptors (Lipinski definition) is 3. The number of ether oxygens (including phenoxy) is 2. The molecule has 0 aromatic heterocycles. The molecule has 19 heavy (non-hydrogen) atoms. The van der Waals surface area contributed by atoms with Crippen LogP contribution in [0.25, 0.3) is 0 Å². The van der Waals surface area contributed by atoms with Crippen LogP contribution in [0.3, 0.4) is 0 Å². The number of epoxide rings is 1. The molecule has 96 valence electrons. The van der Waals surface area contributed by atoms with E-state index >= 15 is 0 Å². The van der Waals surface area contributed by atoms with Crippen molar-refractivity contribution < 1.29 is 14.3 Å². The predicted octanol–water partition coefficient (Wildman–Crippen LogP) is 3.02. The van der Waals surface area contributed by atoms with Crippen LogP contribution in [-0.2, 0) is 4.74 Å². The second-order valence-corrected chi connectivity index (χ2v) is 4.45. The van der Waals surface area contributed by atoms with Gasteiger partial charge in [-0.15, -0.1) is 0 Å². The molecule has 0 N–H and O–H groups in total. The van der Waals surface area contributed by atoms with Crippen LogP contribution in [0, 0.1) is 0 Å². The highest BCUT2D eigenvalue weighted by Gasteiger charge is 2.47. The van der Waals surface area contributed by atoms with Crippen molar-refractivity contribution in [1.82, 2.24) is 0 Å². The van der Waals surface area contributed by atoms with Crippen LogP contribution in [0.2, 0.25) is 0 Å². The summed E-state index contributed by atoms with van der Waals surface area (Å²) >= 11 is 0. The predicted molar refractivity (Wildman–Crippen MR) is 71.4 cm³/mol. The van der Waals surface area contributed by atoms with E-state index in [1.165, 1.54) is 0 Å². The van der Waals surface area contributed by atoms with Gasteiger partial charge < -0.3 is 9.47 Å². The lowest BCUT2D eigenvalue weighted by Crippen LogP contribution is -2.08. The quantitative estimate of drug-likeness (QED) is 0.622. The van der Waals surface area contributed by atoms with Crippen LogP contribution in [0.4, 0.5) is 0 Å². The van der Waals surface area contributed by atoms with Crippen molar-refractivity contribution in [3.8, 4) is 5.75 Å². The van der Waals surface area contributed by atoms with E-state index in [0.29, 0.717) is 5.56 Å². The summed E-state index contributed by atoms with van der Waals surface area (Å²) in [5.41, 5.74) is 1.61. The third-order valence-electron chi connectivity index (χ3n) is 3.25. The number of hydrogen-bond donors (Lipinski definition) is 0. The van der Waals surface area contributed by atoms with Crippen molar-refractivity contribution in [2.45, 2.75) is 12.2 Å². The molecule has 1 fully saturated rings. The van der Waals surface area contributed by atoms with E-state index in [1.54, 1.807) is 7.11 Å². The Morgan fingerprint density at radius 1 is 1.05 bits per heavy atom. The summed E-state index contributed by atoms with van der Waals surface area (Å²) in [4.78, 5) is 12.2. The highest BCUT2D eigenvalue weighted by Crippen LogP contribution is 2.44. The van der Waals surface area contributed by atoms with E-state index in [-0.39, 0.29) is 11.9 Å². The molecule has 3 nitrogen and oxygen atoms in total. The molecule has 1 aliphatic rings. The Labute approximate surface area is 111 Å². The summed E-state index contributed by atoms with van der Waals surface area (Å²) < 4.78 is 10.8. The molecule has 1 heterocycles. The molecule has 1 saturated heterocycles. The van der Waals surface area contributed by atoms with Crippen LogP contribution in [0.5, 0.6) is 5.75 Å². The number of methoxy groups -OCH3 is 1. The number of rotatable bonds is 4. The maximum Gasteiger partial charge on any atom is 0.194 e. The van der Waals surface area contributed by atoms with Crippen LogP contribution >= 0.6 is 0 Å². The minimum atomic E-state index is -0.390. The summed E-state index contributed by atoms with van der Waals surface area (Å²) in [6.07, 6.45) is -0.581. The van der Waals surface area contributed by atoms with Gasteiger partial charge in [-0.05, 0) is 6.07 Å². The number of carbonyl (C=O) groups excluding carboxylic acids is 1. The smallest absolute Gasteiger partial charge is 0.194 e. The van der Waals surface area contributed by atoms with Crippen LogP contribution in [0.1, 0.15) is 22.0 Å². The monoisotopic (exact) mass is 254 g/mol. The minimum absolute atomic E-state index is 0.0245. The van der Waals surface area contributed by atoms with Gasteiger partial charge >= 0.3 is 0 Å². The van der Waals surface area contributed by atoms with Gasteiger partial charge in [0.05, 0.1) is 7.11 Å². The number of Topliss-reactive ketones (excluding diaryl/α,β-unsaturated/α-hetero) is 1. The number of benzene rings is 2. The standard InChI is InChI=1S/C16H14O3/c1-18-13-10-6-5-9-12(13)15-16(19-15)14(17)11-7-3-2-4-8-11/h2-10,15-16H,1H3/t15-,16+/m1/s1. The first-order valence-electron chi connectivity index (χ1n) is 6.19. The van der Waals surface area contributed by atoms with Gasteiger partial charge in [0.1, 0.15) is 11.9 Å². The molecular formula is C16H14O3. The van der Waals surface area contributed by atoms with Gasteiger partial charge in [0, 0.05) is 11.1 Å². The van der Waals surface area contributed by atoms with Crippen LogP contribution in [0.15, 0.2) is 54.6 Å². The van der Waals surface area contributed by atoms with Gasteiger partial charge in [0.2, 0.25) is 0 Å². The van der Waals surface area contributed by atoms with Crippen molar-refractivity contribution in [2.24, 2.45) is 0 Å². The first-order chi connectivity index (χ1) is 9.31. The molecule has 2 aromatic carbocycles. The number of para-hydroxylation sites is 1. The topological polar surface area (TPSA) is 38.8 Å². The average Bonchev–Trinajstić information content (AvgIpc) is 3.27. The van der Waals surface area contributed by atoms with Crippen LogP contribution < -0.4 is 4.74 Å². The number of carbonyl (C=O) groups is 1. The average molecular weight is 254 g/mol. The third kappa shape index (κ3) is 2.25. The Hall–Kier alpha value is -2.13. The molecule has 0 spiro atoms. The van der Waals surface area contributed by atoms with E-state index in [9.17, 15) is 4.79 Å². The van der Waals surface area contributed by atoms with Crippen molar-refractivity contribution in [3.63, 3.8) is 0 Å². The minimum Gasteiger partial charge on any atom is -0.496 e. The van der Waals surface area contributed by atoms with Gasteiger partial charge in [-0.25, -0.2) is 0 Å². The Morgan fingerprint density at radius 3 is 2.47 bits per heavy atom. The molecule has 0 unspecified atom stereocenters. The summed E-state index contributed by atoms with van der Waals surface area (Å²) in [7, 11) is 1.62. The molecular weight excluding hydrogens is 240 g/mol. The molecule has 1 aliphatic heterocycles. The fraction of sp³-hybridized carbons (Fsp3) is 0.188. The molecule has 3 heteroatoms. The SMILES string of the molecule is COc1ccccc1[C@H]1O[C@H]1C(=O)c1ccccc1. The van der Waals surface area contributed by atoms with Crippen molar-refractivity contribution >= 4 is 5.78 Å². The fourth-order valence-corrected chi connectivity index (χ4v) is 2.22. The summed E-state index contributed by atoms with van der Waals surface area (Å²) in [5.74, 6) is 0.785. The maximum atomic E-state index is 12.2. The van der Waals surface area contributed by atoms with E-state index in [1.807, 2.05) is 54.6 Å². The second kappa shape index (κ2) is 4.86. The molecule has 0 saturated carbocycles. The lowest BCUT2D eigenvalue weighted by atomic mass is 10.0. The largest absolute Gasteiger partial charge is 0.496 e. The highest BCUT2D eigenvalue weighted by atomic mass is 16.6. The molecule has 0 radical (unpaired) electrons. The Kier molecular flexibility index (Phi) is 3.05. The lowest BCUT2D eigenvalue weighted by molar-refractivity contribution is 0.0953. The summed E-state index contributed by atoms with van der Waals surface area (Å²) in [6, 6.07) is 16.8. The Morgan fingerprint density at radius 2 is 1.74 bits per heavy atom. The van der Waals surface area contributed by atoms with Gasteiger partial charge in [-0.2, -0.15) is 0 Å². The Bertz CT molecular complexity index is 592. The van der Waals surface area contributed by atoms with Gasteiger partial charge in [0.15, 0.2) is 11.9 Å². The Balaban J connectivity index is 1.80. The third-order valence-corrected chi connectivity index (χ3v) is 3.25. The molecule has 0 amide bonds. The fourth-order valence-electron chi connectivity index (χ4n) is 2.22. The molecule has 3 rings (SSSR count). The highest BCUT2D eigenvalue weighted by molar-refractivity contribution is 6.01. The summed E-state index contributed by atoms with van der Waals surface area (Å²) in [6.45, 7) is 0. The molecule has 2 aromatic rings. The summed E-state index contributed by atoms with van der Waals surface area (Å²) in [5, 5.41) is 0.